The number of esters is 1. The van der Waals surface area contributed by atoms with Gasteiger partial charge in [-0.3, -0.25) is 14.5 Å². The maximum Gasteiger partial charge on any atom is 0.320 e. The number of nitrogens with zero attached hydrogens (tertiary/aromatic N) is 3. The van der Waals surface area contributed by atoms with Crippen molar-refractivity contribution in [3.05, 3.63) is 59.7 Å². The van der Waals surface area contributed by atoms with Gasteiger partial charge in [0, 0.05) is 36.3 Å². The summed E-state index contributed by atoms with van der Waals surface area (Å²) < 4.78 is 24.9. The minimum absolute atomic E-state index is 0.0137. The molecule has 1 atom stereocenters. The number of fused-ring (bicyclic) bond motifs is 1. The number of nitrogens with one attached hydrogen (secondary N) is 2. The zero-order valence-corrected chi connectivity index (χ0v) is 21.5. The lowest BCUT2D eigenvalue weighted by Gasteiger charge is -2.29. The molecule has 5 rings (SSSR count). The molecule has 1 amide bonds. The Bertz CT molecular complexity index is 1400. The van der Waals surface area contributed by atoms with Crippen molar-refractivity contribution in [1.82, 2.24) is 14.9 Å². The number of amides is 1. The van der Waals surface area contributed by atoms with Gasteiger partial charge >= 0.3 is 5.97 Å². The van der Waals surface area contributed by atoms with Gasteiger partial charge in [-0.1, -0.05) is 17.7 Å². The van der Waals surface area contributed by atoms with Gasteiger partial charge in [0.25, 0.3) is 0 Å². The first kappa shape index (κ1) is 25.9. The summed E-state index contributed by atoms with van der Waals surface area (Å²) in [6.45, 7) is 3.08. The summed E-state index contributed by atoms with van der Waals surface area (Å²) in [5, 5.41) is 6.67. The van der Waals surface area contributed by atoms with E-state index in [1.54, 1.807) is 24.3 Å². The zero-order chi connectivity index (χ0) is 26.6. The Morgan fingerprint density at radius 3 is 2.87 bits per heavy atom. The highest BCUT2D eigenvalue weighted by molar-refractivity contribution is 6.31. The van der Waals surface area contributed by atoms with E-state index in [4.69, 9.17) is 21.1 Å². The molecule has 1 aliphatic heterocycles. The van der Waals surface area contributed by atoms with Crippen molar-refractivity contribution >= 4 is 51.6 Å². The lowest BCUT2D eigenvalue weighted by molar-refractivity contribution is -0.156. The number of carbonyl (C=O) groups is 2. The van der Waals surface area contributed by atoms with Gasteiger partial charge in [0.15, 0.2) is 0 Å². The number of hydrogen-bond acceptors (Lipinski definition) is 8. The molecule has 2 heterocycles. The van der Waals surface area contributed by atoms with Gasteiger partial charge in [-0.2, -0.15) is 0 Å². The molecule has 0 bridgehead atoms. The van der Waals surface area contributed by atoms with Crippen molar-refractivity contribution in [3.8, 4) is 5.75 Å². The first-order valence-corrected chi connectivity index (χ1v) is 12.8. The van der Waals surface area contributed by atoms with E-state index < -0.39 is 5.82 Å². The van der Waals surface area contributed by atoms with Gasteiger partial charge in [0.1, 0.15) is 29.8 Å². The van der Waals surface area contributed by atoms with E-state index in [0.717, 1.165) is 19.3 Å². The Balaban J connectivity index is 1.38. The smallest absolute Gasteiger partial charge is 0.320 e. The molecular formula is C27H27ClFN5O4. The van der Waals surface area contributed by atoms with E-state index in [0.29, 0.717) is 46.9 Å². The van der Waals surface area contributed by atoms with Crippen molar-refractivity contribution in [3.63, 3.8) is 0 Å². The van der Waals surface area contributed by atoms with Gasteiger partial charge in [-0.15, -0.1) is 0 Å². The number of morpholine rings is 1. The molecule has 9 nitrogen and oxygen atoms in total. The fraction of sp³-hybridized carbons (Fsp3) is 0.333. The summed E-state index contributed by atoms with van der Waals surface area (Å²) in [5.74, 6) is -0.149. The summed E-state index contributed by atoms with van der Waals surface area (Å²) in [5.41, 5.74) is 1.64. The summed E-state index contributed by atoms with van der Waals surface area (Å²) >= 11 is 5.93. The summed E-state index contributed by atoms with van der Waals surface area (Å²) in [6.07, 6.45) is 7.46. The van der Waals surface area contributed by atoms with Crippen LogP contribution in [0.1, 0.15) is 26.2 Å². The van der Waals surface area contributed by atoms with Crippen LogP contribution in [0.25, 0.3) is 10.9 Å². The van der Waals surface area contributed by atoms with Crippen molar-refractivity contribution in [2.45, 2.75) is 38.4 Å². The second-order valence-corrected chi connectivity index (χ2v) is 9.81. The quantitative estimate of drug-likeness (QED) is 0.309. The van der Waals surface area contributed by atoms with Crippen molar-refractivity contribution in [2.75, 3.05) is 30.3 Å². The Kier molecular flexibility index (Phi) is 7.71. The molecule has 2 aromatic carbocycles. The fourth-order valence-corrected chi connectivity index (χ4v) is 4.47. The van der Waals surface area contributed by atoms with Crippen LogP contribution in [-0.2, 0) is 14.3 Å². The van der Waals surface area contributed by atoms with Crippen LogP contribution in [0.5, 0.6) is 5.75 Å². The number of rotatable bonds is 8. The van der Waals surface area contributed by atoms with Gasteiger partial charge in [-0.05, 0) is 50.5 Å². The molecule has 198 valence electrons. The van der Waals surface area contributed by atoms with Gasteiger partial charge < -0.3 is 20.1 Å². The second kappa shape index (κ2) is 11.3. The summed E-state index contributed by atoms with van der Waals surface area (Å²) in [6, 6.07) is 7.82. The Labute approximate surface area is 224 Å². The molecule has 1 aromatic heterocycles. The van der Waals surface area contributed by atoms with E-state index in [1.807, 2.05) is 11.8 Å². The number of benzene rings is 2. The standard InChI is InChI=1S/C27H27ClFN5O4/c1-16-13-34(14-26(36)37-16)9-3-6-25(35)33-23-11-19-22(12-24(23)38-18-4-2-5-18)30-15-31-27(19)32-17-7-8-21(29)20(28)10-17/h3,6-8,10-12,15-16,18H,2,4-5,9,13-14H2,1H3,(H,33,35)(H,30,31,32). The molecule has 1 saturated carbocycles. The lowest BCUT2D eigenvalue weighted by Crippen LogP contribution is -2.44. The number of halogens is 2. The van der Waals surface area contributed by atoms with Crippen LogP contribution in [0, 0.1) is 5.82 Å². The third kappa shape index (κ3) is 6.20. The van der Waals surface area contributed by atoms with Crippen LogP contribution in [0.3, 0.4) is 0 Å². The highest BCUT2D eigenvalue weighted by Gasteiger charge is 2.23. The van der Waals surface area contributed by atoms with E-state index in [2.05, 4.69) is 20.6 Å². The summed E-state index contributed by atoms with van der Waals surface area (Å²) in [7, 11) is 0. The maximum atomic E-state index is 13.6. The highest BCUT2D eigenvalue weighted by atomic mass is 35.5. The topological polar surface area (TPSA) is 106 Å². The molecule has 2 N–H and O–H groups in total. The molecular weight excluding hydrogens is 513 g/mol. The Hall–Kier alpha value is -3.76. The number of cyclic esters (lactones) is 1. The van der Waals surface area contributed by atoms with Crippen LogP contribution >= 0.6 is 11.6 Å². The van der Waals surface area contributed by atoms with Gasteiger partial charge in [-0.25, -0.2) is 14.4 Å². The van der Waals surface area contributed by atoms with Crippen LogP contribution in [-0.4, -0.2) is 58.6 Å². The predicted molar refractivity (Wildman–Crippen MR) is 142 cm³/mol. The SMILES string of the molecule is CC1CN(CC=CC(=O)Nc2cc3c(Nc4ccc(F)c(Cl)c4)ncnc3cc2OC2CCC2)CC(=O)O1. The fourth-order valence-electron chi connectivity index (χ4n) is 4.29. The average molecular weight is 540 g/mol. The molecule has 2 aliphatic rings. The normalized spacial score (nSPS) is 18.3. The minimum atomic E-state index is -0.518. The van der Waals surface area contributed by atoms with E-state index >= 15 is 0 Å². The molecule has 2 fully saturated rings. The largest absolute Gasteiger partial charge is 0.488 e. The molecule has 1 saturated heterocycles. The van der Waals surface area contributed by atoms with E-state index in [1.165, 1.54) is 24.5 Å². The van der Waals surface area contributed by atoms with E-state index in [9.17, 15) is 14.0 Å². The lowest BCUT2D eigenvalue weighted by atomic mass is 9.96. The molecule has 3 aromatic rings. The molecule has 38 heavy (non-hydrogen) atoms. The van der Waals surface area contributed by atoms with Crippen molar-refractivity contribution < 1.29 is 23.5 Å². The van der Waals surface area contributed by atoms with Crippen molar-refractivity contribution in [2.24, 2.45) is 0 Å². The Morgan fingerprint density at radius 1 is 1.29 bits per heavy atom. The van der Waals surface area contributed by atoms with Crippen LogP contribution in [0.2, 0.25) is 5.02 Å². The van der Waals surface area contributed by atoms with Gasteiger partial charge in [0.05, 0.1) is 28.9 Å². The zero-order valence-electron chi connectivity index (χ0n) is 20.7. The van der Waals surface area contributed by atoms with E-state index in [-0.39, 0.29) is 35.7 Å². The molecule has 0 spiro atoms. The third-order valence-electron chi connectivity index (χ3n) is 6.36. The second-order valence-electron chi connectivity index (χ2n) is 9.40. The highest BCUT2D eigenvalue weighted by Crippen LogP contribution is 2.36. The molecule has 0 radical (unpaired) electrons. The predicted octanol–water partition coefficient (Wildman–Crippen LogP) is 4.84. The number of hydrogen-bond donors (Lipinski definition) is 2. The molecule has 1 aliphatic carbocycles. The van der Waals surface area contributed by atoms with Crippen LogP contribution < -0.4 is 15.4 Å². The maximum absolute atomic E-state index is 13.6. The number of carbonyl (C=O) groups excluding carboxylic acids is 2. The Morgan fingerprint density at radius 2 is 2.13 bits per heavy atom. The third-order valence-corrected chi connectivity index (χ3v) is 6.65. The number of ether oxygens (including phenoxy) is 2. The monoisotopic (exact) mass is 539 g/mol. The molecule has 1 unspecified atom stereocenters. The average Bonchev–Trinajstić information content (AvgIpc) is 2.83. The van der Waals surface area contributed by atoms with Crippen molar-refractivity contribution in [1.29, 1.82) is 0 Å². The summed E-state index contributed by atoms with van der Waals surface area (Å²) in [4.78, 5) is 35.1. The number of aromatic nitrogens is 2. The van der Waals surface area contributed by atoms with Crippen LogP contribution in [0.4, 0.5) is 21.6 Å². The van der Waals surface area contributed by atoms with Gasteiger partial charge in [0.2, 0.25) is 5.91 Å². The molecule has 11 heteroatoms. The minimum Gasteiger partial charge on any atom is -0.488 e. The first-order chi connectivity index (χ1) is 18.3. The first-order valence-electron chi connectivity index (χ1n) is 12.4. The number of anilines is 3. The van der Waals surface area contributed by atoms with Crippen LogP contribution in [0.15, 0.2) is 48.8 Å².